The van der Waals surface area contributed by atoms with Crippen molar-refractivity contribution in [2.24, 2.45) is 0 Å². The molecule has 0 spiro atoms. The summed E-state index contributed by atoms with van der Waals surface area (Å²) in [7, 11) is 1.57. The van der Waals surface area contributed by atoms with Gasteiger partial charge in [-0.1, -0.05) is 18.2 Å². The van der Waals surface area contributed by atoms with Crippen LogP contribution in [0.25, 0.3) is 5.69 Å². The molecule has 0 radical (unpaired) electrons. The lowest BCUT2D eigenvalue weighted by Crippen LogP contribution is -2.19. The number of nitrogens with one attached hydrogen (secondary N) is 1. The van der Waals surface area contributed by atoms with Crippen LogP contribution < -0.4 is 11.1 Å². The van der Waals surface area contributed by atoms with Crippen molar-refractivity contribution < 1.29 is 4.79 Å². The van der Waals surface area contributed by atoms with Crippen LogP contribution in [0.3, 0.4) is 0 Å². The molecule has 88 valence electrons. The monoisotopic (exact) mass is 230 g/mol. The van der Waals surface area contributed by atoms with Gasteiger partial charge < -0.3 is 11.1 Å². The van der Waals surface area contributed by atoms with E-state index in [1.54, 1.807) is 18.7 Å². The number of anilines is 1. The number of nitrogens with two attached hydrogens (primary N) is 1. The van der Waals surface area contributed by atoms with E-state index in [1.165, 1.54) is 0 Å². The van der Waals surface area contributed by atoms with E-state index in [4.69, 9.17) is 5.73 Å². The van der Waals surface area contributed by atoms with Gasteiger partial charge in [0.05, 0.1) is 11.4 Å². The Morgan fingerprint density at radius 2 is 2.00 bits per heavy atom. The summed E-state index contributed by atoms with van der Waals surface area (Å²) in [6.45, 7) is 1.76. The normalized spacial score (nSPS) is 10.2. The second kappa shape index (κ2) is 4.29. The largest absolute Gasteiger partial charge is 0.383 e. The number of nitrogen functional groups attached to an aromatic ring is 1. The molecule has 2 aromatic rings. The summed E-state index contributed by atoms with van der Waals surface area (Å²) in [5.41, 5.74) is 7.83. The average molecular weight is 230 g/mol. The van der Waals surface area contributed by atoms with Gasteiger partial charge in [0, 0.05) is 7.05 Å². The third kappa shape index (κ3) is 1.87. The molecule has 0 aliphatic heterocycles. The van der Waals surface area contributed by atoms with Crippen LogP contribution in [0.4, 0.5) is 5.82 Å². The Kier molecular flexibility index (Phi) is 2.82. The molecule has 2 rings (SSSR count). The Balaban J connectivity index is 2.56. The van der Waals surface area contributed by atoms with E-state index < -0.39 is 0 Å². The van der Waals surface area contributed by atoms with Crippen LogP contribution in [0.5, 0.6) is 0 Å². The molecule has 0 aliphatic rings. The number of amides is 1. The number of rotatable bonds is 2. The number of para-hydroxylation sites is 1. The zero-order chi connectivity index (χ0) is 12.4. The zero-order valence-corrected chi connectivity index (χ0v) is 9.77. The van der Waals surface area contributed by atoms with Gasteiger partial charge in [-0.2, -0.15) is 5.10 Å². The van der Waals surface area contributed by atoms with Crippen molar-refractivity contribution in [3.63, 3.8) is 0 Å². The van der Waals surface area contributed by atoms with Gasteiger partial charge in [0.1, 0.15) is 11.4 Å². The Morgan fingerprint density at radius 3 is 2.59 bits per heavy atom. The second-order valence-electron chi connectivity index (χ2n) is 3.67. The number of nitrogens with zero attached hydrogens (tertiary/aromatic N) is 2. The smallest absolute Gasteiger partial charge is 0.256 e. The van der Waals surface area contributed by atoms with E-state index >= 15 is 0 Å². The molecule has 0 unspecified atom stereocenters. The summed E-state index contributed by atoms with van der Waals surface area (Å²) in [4.78, 5) is 11.7. The Hall–Kier alpha value is -2.30. The number of carbonyl (C=O) groups excluding carboxylic acids is 1. The SMILES string of the molecule is CNC(=O)c1c(C)nn(-c2ccccc2)c1N. The van der Waals surface area contributed by atoms with Gasteiger partial charge in [-0.05, 0) is 19.1 Å². The summed E-state index contributed by atoms with van der Waals surface area (Å²) in [5.74, 6) is 0.134. The molecule has 0 bridgehead atoms. The first kappa shape index (κ1) is 11.2. The predicted octanol–water partition coefficient (Wildman–Crippen LogP) is 1.12. The van der Waals surface area contributed by atoms with Gasteiger partial charge in [-0.25, -0.2) is 4.68 Å². The van der Waals surface area contributed by atoms with Crippen LogP contribution in [0.1, 0.15) is 16.1 Å². The van der Waals surface area contributed by atoms with E-state index in [2.05, 4.69) is 10.4 Å². The summed E-state index contributed by atoms with van der Waals surface area (Å²) >= 11 is 0. The van der Waals surface area contributed by atoms with Crippen molar-refractivity contribution >= 4 is 11.7 Å². The topological polar surface area (TPSA) is 72.9 Å². The quantitative estimate of drug-likeness (QED) is 0.812. The van der Waals surface area contributed by atoms with Crippen LogP contribution in [0.2, 0.25) is 0 Å². The summed E-state index contributed by atoms with van der Waals surface area (Å²) in [6.07, 6.45) is 0. The molecule has 1 aromatic heterocycles. The lowest BCUT2D eigenvalue weighted by Gasteiger charge is -2.04. The van der Waals surface area contributed by atoms with Gasteiger partial charge in [0.25, 0.3) is 5.91 Å². The zero-order valence-electron chi connectivity index (χ0n) is 9.77. The van der Waals surface area contributed by atoms with Crippen molar-refractivity contribution in [1.29, 1.82) is 0 Å². The van der Waals surface area contributed by atoms with E-state index in [0.29, 0.717) is 17.1 Å². The van der Waals surface area contributed by atoms with Crippen LogP contribution in [0.15, 0.2) is 30.3 Å². The van der Waals surface area contributed by atoms with Gasteiger partial charge in [-0.3, -0.25) is 4.79 Å². The van der Waals surface area contributed by atoms with Gasteiger partial charge in [0.2, 0.25) is 0 Å². The second-order valence-corrected chi connectivity index (χ2v) is 3.67. The molecule has 0 fully saturated rings. The summed E-state index contributed by atoms with van der Waals surface area (Å²) in [6, 6.07) is 9.47. The van der Waals surface area contributed by atoms with Crippen molar-refractivity contribution in [2.45, 2.75) is 6.92 Å². The highest BCUT2D eigenvalue weighted by Crippen LogP contribution is 2.20. The highest BCUT2D eigenvalue weighted by atomic mass is 16.1. The van der Waals surface area contributed by atoms with Crippen LogP contribution >= 0.6 is 0 Å². The molecule has 5 heteroatoms. The highest BCUT2D eigenvalue weighted by molar-refractivity contribution is 5.99. The minimum Gasteiger partial charge on any atom is -0.383 e. The number of carbonyl (C=O) groups is 1. The summed E-state index contributed by atoms with van der Waals surface area (Å²) < 4.78 is 1.57. The number of benzene rings is 1. The van der Waals surface area contributed by atoms with Gasteiger partial charge in [0.15, 0.2) is 0 Å². The minimum atomic E-state index is -0.220. The molecule has 17 heavy (non-hydrogen) atoms. The molecule has 0 saturated heterocycles. The van der Waals surface area contributed by atoms with Crippen molar-refractivity contribution in [2.75, 3.05) is 12.8 Å². The number of aromatic nitrogens is 2. The molecule has 0 atom stereocenters. The minimum absolute atomic E-state index is 0.220. The highest BCUT2D eigenvalue weighted by Gasteiger charge is 2.18. The molecule has 5 nitrogen and oxygen atoms in total. The Bertz CT molecular complexity index is 545. The first-order chi connectivity index (χ1) is 8.15. The van der Waals surface area contributed by atoms with Crippen LogP contribution in [-0.4, -0.2) is 22.7 Å². The maximum absolute atomic E-state index is 11.7. The van der Waals surface area contributed by atoms with Gasteiger partial charge in [-0.15, -0.1) is 0 Å². The molecule has 1 heterocycles. The van der Waals surface area contributed by atoms with Gasteiger partial charge >= 0.3 is 0 Å². The Labute approximate surface area is 99.2 Å². The molecular weight excluding hydrogens is 216 g/mol. The average Bonchev–Trinajstić information content (AvgIpc) is 2.65. The first-order valence-electron chi connectivity index (χ1n) is 5.27. The molecular formula is C12H14N4O. The molecule has 1 amide bonds. The van der Waals surface area contributed by atoms with Crippen molar-refractivity contribution in [3.8, 4) is 5.69 Å². The molecule has 3 N–H and O–H groups in total. The fraction of sp³-hybridized carbons (Fsp3) is 0.167. The third-order valence-corrected chi connectivity index (χ3v) is 2.55. The third-order valence-electron chi connectivity index (χ3n) is 2.55. The first-order valence-corrected chi connectivity index (χ1v) is 5.27. The maximum Gasteiger partial charge on any atom is 0.256 e. The number of hydrogen-bond acceptors (Lipinski definition) is 3. The molecule has 0 saturated carbocycles. The van der Waals surface area contributed by atoms with Crippen molar-refractivity contribution in [3.05, 3.63) is 41.6 Å². The molecule has 1 aromatic carbocycles. The lowest BCUT2D eigenvalue weighted by atomic mass is 10.2. The van der Waals surface area contributed by atoms with E-state index in [0.717, 1.165) is 5.69 Å². The molecule has 0 aliphatic carbocycles. The number of hydrogen-bond donors (Lipinski definition) is 2. The fourth-order valence-corrected chi connectivity index (χ4v) is 1.72. The number of aryl methyl sites for hydroxylation is 1. The van der Waals surface area contributed by atoms with Crippen LogP contribution in [-0.2, 0) is 0 Å². The predicted molar refractivity (Wildman–Crippen MR) is 66.1 cm³/mol. The maximum atomic E-state index is 11.7. The van der Waals surface area contributed by atoms with E-state index in [1.807, 2.05) is 30.3 Å². The fourth-order valence-electron chi connectivity index (χ4n) is 1.72. The standard InChI is InChI=1S/C12H14N4O/c1-8-10(12(17)14-2)11(13)16(15-8)9-6-4-3-5-7-9/h3-7H,13H2,1-2H3,(H,14,17). The van der Waals surface area contributed by atoms with E-state index in [9.17, 15) is 4.79 Å². The van der Waals surface area contributed by atoms with Crippen LogP contribution in [0, 0.1) is 6.92 Å². The lowest BCUT2D eigenvalue weighted by molar-refractivity contribution is 0.0963. The Morgan fingerprint density at radius 1 is 1.35 bits per heavy atom. The van der Waals surface area contributed by atoms with E-state index in [-0.39, 0.29) is 5.91 Å². The summed E-state index contributed by atoms with van der Waals surface area (Å²) in [5, 5.41) is 6.84. The van der Waals surface area contributed by atoms with Crippen molar-refractivity contribution in [1.82, 2.24) is 15.1 Å².